The van der Waals surface area contributed by atoms with Crippen LogP contribution in [0.25, 0.3) is 5.82 Å². The third kappa shape index (κ3) is 3.36. The molecule has 1 aliphatic rings. The lowest BCUT2D eigenvalue weighted by atomic mass is 10.2. The van der Waals surface area contributed by atoms with Gasteiger partial charge in [-0.2, -0.15) is 5.10 Å². The fourth-order valence-electron chi connectivity index (χ4n) is 2.85. The average molecular weight is 370 g/mol. The summed E-state index contributed by atoms with van der Waals surface area (Å²) in [5.74, 6) is 1.42. The van der Waals surface area contributed by atoms with E-state index in [1.165, 1.54) is 6.33 Å². The Morgan fingerprint density at radius 3 is 2.23 bits per heavy atom. The van der Waals surface area contributed by atoms with Crippen LogP contribution in [0.5, 0.6) is 0 Å². The zero-order valence-corrected chi connectivity index (χ0v) is 14.6. The lowest BCUT2D eigenvalue weighted by Gasteiger charge is -2.35. The molecule has 0 bridgehead atoms. The van der Waals surface area contributed by atoms with Gasteiger partial charge in [-0.15, -0.1) is 10.2 Å². The van der Waals surface area contributed by atoms with Crippen molar-refractivity contribution in [1.82, 2.24) is 29.9 Å². The summed E-state index contributed by atoms with van der Waals surface area (Å²) in [6, 6.07) is 10.7. The molecule has 0 aliphatic carbocycles. The minimum atomic E-state index is 0.0222. The highest BCUT2D eigenvalue weighted by Crippen LogP contribution is 2.16. The average Bonchev–Trinajstić information content (AvgIpc) is 3.23. The Hall–Kier alpha value is -3.00. The zero-order chi connectivity index (χ0) is 17.9. The van der Waals surface area contributed by atoms with Gasteiger partial charge in [0.25, 0.3) is 5.91 Å². The summed E-state index contributed by atoms with van der Waals surface area (Å²) in [7, 11) is 0. The second-order valence-electron chi connectivity index (χ2n) is 5.88. The molecule has 0 spiro atoms. The first kappa shape index (κ1) is 16.5. The lowest BCUT2D eigenvalue weighted by Crippen LogP contribution is -2.49. The first-order valence-corrected chi connectivity index (χ1v) is 8.57. The molecule has 1 saturated heterocycles. The van der Waals surface area contributed by atoms with Crippen molar-refractivity contribution in [1.29, 1.82) is 0 Å². The van der Waals surface area contributed by atoms with Crippen LogP contribution in [-0.4, -0.2) is 61.9 Å². The standard InChI is InChI=1S/C17H16ClN7O/c18-14-3-1-13(2-4-14)17(26)24-9-7-23(8-10-24)15-5-6-16(22-21-15)25-12-19-11-20-25/h1-6,11-12H,7-10H2. The first-order valence-electron chi connectivity index (χ1n) is 8.19. The van der Waals surface area contributed by atoms with Gasteiger partial charge < -0.3 is 9.80 Å². The number of piperazine rings is 1. The molecule has 3 heterocycles. The molecule has 0 radical (unpaired) electrons. The van der Waals surface area contributed by atoms with E-state index in [1.54, 1.807) is 35.3 Å². The van der Waals surface area contributed by atoms with Crippen molar-refractivity contribution in [3.63, 3.8) is 0 Å². The second kappa shape index (κ2) is 7.09. The van der Waals surface area contributed by atoms with Gasteiger partial charge >= 0.3 is 0 Å². The molecule has 3 aromatic rings. The molecule has 4 rings (SSSR count). The third-order valence-electron chi connectivity index (χ3n) is 4.27. The van der Waals surface area contributed by atoms with E-state index >= 15 is 0 Å². The summed E-state index contributed by atoms with van der Waals surface area (Å²) < 4.78 is 1.56. The molecule has 1 fully saturated rings. The summed E-state index contributed by atoms with van der Waals surface area (Å²) in [6.07, 6.45) is 3.03. The first-order chi connectivity index (χ1) is 12.7. The van der Waals surface area contributed by atoms with Gasteiger partial charge in [0, 0.05) is 36.8 Å². The highest BCUT2D eigenvalue weighted by atomic mass is 35.5. The summed E-state index contributed by atoms with van der Waals surface area (Å²) in [5.41, 5.74) is 0.653. The normalized spacial score (nSPS) is 14.5. The molecule has 0 atom stereocenters. The van der Waals surface area contributed by atoms with Crippen molar-refractivity contribution in [2.75, 3.05) is 31.1 Å². The topological polar surface area (TPSA) is 80.0 Å². The van der Waals surface area contributed by atoms with Crippen LogP contribution in [0.4, 0.5) is 5.82 Å². The van der Waals surface area contributed by atoms with E-state index in [1.807, 2.05) is 17.0 Å². The van der Waals surface area contributed by atoms with Crippen LogP contribution < -0.4 is 4.90 Å². The highest BCUT2D eigenvalue weighted by molar-refractivity contribution is 6.30. The number of rotatable bonds is 3. The Morgan fingerprint density at radius 1 is 0.923 bits per heavy atom. The van der Waals surface area contributed by atoms with E-state index in [-0.39, 0.29) is 5.91 Å². The smallest absolute Gasteiger partial charge is 0.253 e. The Balaban J connectivity index is 1.39. The minimum Gasteiger partial charge on any atom is -0.352 e. The number of hydrogen-bond donors (Lipinski definition) is 0. The van der Waals surface area contributed by atoms with Gasteiger partial charge in [0.15, 0.2) is 11.6 Å². The van der Waals surface area contributed by atoms with E-state index in [0.29, 0.717) is 42.6 Å². The predicted octanol–water partition coefficient (Wildman–Crippen LogP) is 1.67. The van der Waals surface area contributed by atoms with Gasteiger partial charge in [-0.25, -0.2) is 9.67 Å². The quantitative estimate of drug-likeness (QED) is 0.698. The summed E-state index contributed by atoms with van der Waals surface area (Å²) in [4.78, 5) is 20.4. The molecular weight excluding hydrogens is 354 g/mol. The lowest BCUT2D eigenvalue weighted by molar-refractivity contribution is 0.0746. The fourth-order valence-corrected chi connectivity index (χ4v) is 2.98. The number of carbonyl (C=O) groups is 1. The van der Waals surface area contributed by atoms with E-state index < -0.39 is 0 Å². The predicted molar refractivity (Wildman–Crippen MR) is 96.5 cm³/mol. The molecule has 9 heteroatoms. The van der Waals surface area contributed by atoms with Crippen LogP contribution in [0, 0.1) is 0 Å². The Kier molecular flexibility index (Phi) is 4.49. The number of anilines is 1. The largest absolute Gasteiger partial charge is 0.352 e. The minimum absolute atomic E-state index is 0.0222. The third-order valence-corrected chi connectivity index (χ3v) is 4.52. The van der Waals surface area contributed by atoms with Crippen LogP contribution in [-0.2, 0) is 0 Å². The van der Waals surface area contributed by atoms with Crippen LogP contribution in [0.2, 0.25) is 5.02 Å². The Labute approximate surface area is 155 Å². The maximum Gasteiger partial charge on any atom is 0.253 e. The Bertz CT molecular complexity index is 872. The molecule has 0 N–H and O–H groups in total. The van der Waals surface area contributed by atoms with Gasteiger partial charge in [0.2, 0.25) is 0 Å². The van der Waals surface area contributed by atoms with Crippen molar-refractivity contribution >= 4 is 23.3 Å². The van der Waals surface area contributed by atoms with E-state index in [9.17, 15) is 4.79 Å². The molecule has 132 valence electrons. The van der Waals surface area contributed by atoms with Crippen molar-refractivity contribution in [2.45, 2.75) is 0 Å². The molecule has 26 heavy (non-hydrogen) atoms. The number of carbonyl (C=O) groups excluding carboxylic acids is 1. The number of nitrogens with zero attached hydrogens (tertiary/aromatic N) is 7. The van der Waals surface area contributed by atoms with Gasteiger partial charge in [0.05, 0.1) is 0 Å². The van der Waals surface area contributed by atoms with Gasteiger partial charge in [-0.05, 0) is 36.4 Å². The molecule has 8 nitrogen and oxygen atoms in total. The van der Waals surface area contributed by atoms with Crippen LogP contribution in [0.3, 0.4) is 0 Å². The second-order valence-corrected chi connectivity index (χ2v) is 6.31. The maximum absolute atomic E-state index is 12.6. The van der Waals surface area contributed by atoms with Crippen LogP contribution in [0.15, 0.2) is 49.1 Å². The number of amides is 1. The van der Waals surface area contributed by atoms with Crippen molar-refractivity contribution in [3.8, 4) is 5.82 Å². The number of benzene rings is 1. The zero-order valence-electron chi connectivity index (χ0n) is 13.9. The molecule has 1 aromatic carbocycles. The van der Waals surface area contributed by atoms with Gasteiger partial charge in [-0.3, -0.25) is 4.79 Å². The van der Waals surface area contributed by atoms with E-state index in [2.05, 4.69) is 25.2 Å². The van der Waals surface area contributed by atoms with Gasteiger partial charge in [0.1, 0.15) is 12.7 Å². The molecule has 0 saturated carbocycles. The fraction of sp³-hybridized carbons (Fsp3) is 0.235. The molecule has 0 unspecified atom stereocenters. The van der Waals surface area contributed by atoms with Crippen molar-refractivity contribution < 1.29 is 4.79 Å². The molecule has 1 amide bonds. The van der Waals surface area contributed by atoms with E-state index in [4.69, 9.17) is 11.6 Å². The summed E-state index contributed by atoms with van der Waals surface area (Å²) in [6.45, 7) is 2.68. The monoisotopic (exact) mass is 369 g/mol. The van der Waals surface area contributed by atoms with E-state index in [0.717, 1.165) is 5.82 Å². The van der Waals surface area contributed by atoms with Crippen LogP contribution >= 0.6 is 11.6 Å². The summed E-state index contributed by atoms with van der Waals surface area (Å²) >= 11 is 5.88. The number of halogens is 1. The SMILES string of the molecule is O=C(c1ccc(Cl)cc1)N1CCN(c2ccc(-n3cncn3)nn2)CC1. The van der Waals surface area contributed by atoms with Gasteiger partial charge in [-0.1, -0.05) is 11.6 Å². The van der Waals surface area contributed by atoms with Crippen molar-refractivity contribution in [3.05, 3.63) is 59.6 Å². The number of hydrogen-bond acceptors (Lipinski definition) is 6. The summed E-state index contributed by atoms with van der Waals surface area (Å²) in [5, 5.41) is 13.1. The Morgan fingerprint density at radius 2 is 1.62 bits per heavy atom. The highest BCUT2D eigenvalue weighted by Gasteiger charge is 2.23. The molecular formula is C17H16ClN7O. The van der Waals surface area contributed by atoms with Crippen molar-refractivity contribution in [2.24, 2.45) is 0 Å². The molecule has 2 aromatic heterocycles. The van der Waals surface area contributed by atoms with Crippen LogP contribution in [0.1, 0.15) is 10.4 Å². The maximum atomic E-state index is 12.6. The number of aromatic nitrogens is 5. The molecule has 1 aliphatic heterocycles.